The van der Waals surface area contributed by atoms with Gasteiger partial charge in [-0.15, -0.1) is 0 Å². The zero-order chi connectivity index (χ0) is 20.0. The number of fused-ring (bicyclic) bond motifs is 5. The normalized spacial score (nSPS) is 44.0. The molecule has 160 valence electrons. The highest BCUT2D eigenvalue weighted by atomic mass is 16.5. The minimum Gasteiger partial charge on any atom is -0.384 e. The molecule has 4 saturated carbocycles. The molecule has 4 aliphatic rings. The van der Waals surface area contributed by atoms with Gasteiger partial charge in [0, 0.05) is 32.0 Å². The van der Waals surface area contributed by atoms with E-state index in [1.807, 2.05) is 24.1 Å². The van der Waals surface area contributed by atoms with E-state index in [-0.39, 0.29) is 11.3 Å². The van der Waals surface area contributed by atoms with Crippen LogP contribution in [0.3, 0.4) is 0 Å². The Morgan fingerprint density at radius 2 is 1.97 bits per heavy atom. The molecule has 0 saturated heterocycles. The predicted molar refractivity (Wildman–Crippen MR) is 113 cm³/mol. The second-order valence-electron chi connectivity index (χ2n) is 10.9. The minimum absolute atomic E-state index is 0.228. The Kier molecular flexibility index (Phi) is 5.34. The minimum atomic E-state index is 0.228. The molecule has 1 aromatic heterocycles. The van der Waals surface area contributed by atoms with Crippen molar-refractivity contribution in [3.63, 3.8) is 0 Å². The number of hydrogen-bond acceptors (Lipinski definition) is 3. The lowest BCUT2D eigenvalue weighted by atomic mass is 9.49. The molecule has 0 spiro atoms. The summed E-state index contributed by atoms with van der Waals surface area (Å²) in [7, 11) is 1.86. The number of ether oxygens (including phenoxy) is 1. The van der Waals surface area contributed by atoms with Gasteiger partial charge in [0.25, 0.3) is 0 Å². The maximum absolute atomic E-state index is 13.2. The van der Waals surface area contributed by atoms with E-state index in [9.17, 15) is 4.79 Å². The van der Waals surface area contributed by atoms with Crippen LogP contribution in [-0.2, 0) is 16.1 Å². The lowest BCUT2D eigenvalue weighted by molar-refractivity contribution is -0.131. The summed E-state index contributed by atoms with van der Waals surface area (Å²) in [5, 5.41) is 4.27. The Morgan fingerprint density at radius 1 is 1.10 bits per heavy atom. The average Bonchev–Trinajstić information content (AvgIpc) is 3.34. The van der Waals surface area contributed by atoms with Crippen LogP contribution in [-0.4, -0.2) is 29.3 Å². The first-order chi connectivity index (χ1) is 14.1. The fourth-order valence-electron chi connectivity index (χ4n) is 8.53. The molecule has 0 aliphatic heterocycles. The van der Waals surface area contributed by atoms with Crippen molar-refractivity contribution in [3.05, 3.63) is 18.5 Å². The van der Waals surface area contributed by atoms with Crippen molar-refractivity contribution in [2.24, 2.45) is 46.8 Å². The second-order valence-corrected chi connectivity index (χ2v) is 10.9. The Hall–Kier alpha value is -1.16. The third-order valence-electron chi connectivity index (χ3n) is 9.73. The SMILES string of the molecule is COCC1CCC2C(CCC3C2CCC2(C)C(C(=O)Cn4cccn4)CCC32)C1. The molecule has 4 nitrogen and oxygen atoms in total. The van der Waals surface area contributed by atoms with Gasteiger partial charge in [-0.05, 0) is 105 Å². The second kappa shape index (κ2) is 7.83. The van der Waals surface area contributed by atoms with E-state index in [2.05, 4.69) is 12.0 Å². The van der Waals surface area contributed by atoms with Crippen LogP contribution < -0.4 is 0 Å². The van der Waals surface area contributed by atoms with Crippen LogP contribution in [0.4, 0.5) is 0 Å². The number of Topliss-reactive ketones (excluding diaryl/α,β-unsaturated/α-hetero) is 1. The molecule has 5 rings (SSSR count). The summed E-state index contributed by atoms with van der Waals surface area (Å²) in [5.41, 5.74) is 0.228. The predicted octanol–water partition coefficient (Wildman–Crippen LogP) is 4.98. The molecule has 0 radical (unpaired) electrons. The molecular formula is C25H38N2O2. The molecule has 0 bridgehead atoms. The Morgan fingerprint density at radius 3 is 2.76 bits per heavy atom. The lowest BCUT2D eigenvalue weighted by Crippen LogP contribution is -2.49. The van der Waals surface area contributed by atoms with Crippen molar-refractivity contribution in [2.45, 2.75) is 71.3 Å². The Bertz CT molecular complexity index is 716. The molecule has 1 heterocycles. The molecule has 0 amide bonds. The molecule has 1 aromatic rings. The van der Waals surface area contributed by atoms with Gasteiger partial charge in [-0.2, -0.15) is 5.10 Å². The van der Waals surface area contributed by atoms with E-state index in [0.717, 1.165) is 48.5 Å². The van der Waals surface area contributed by atoms with Crippen molar-refractivity contribution in [1.82, 2.24) is 9.78 Å². The molecular weight excluding hydrogens is 360 g/mol. The summed E-state index contributed by atoms with van der Waals surface area (Å²) in [6.07, 6.45) is 15.7. The highest BCUT2D eigenvalue weighted by Crippen LogP contribution is 2.64. The van der Waals surface area contributed by atoms with Gasteiger partial charge in [-0.3, -0.25) is 9.48 Å². The molecule has 0 aromatic carbocycles. The number of carbonyl (C=O) groups is 1. The number of hydrogen-bond donors (Lipinski definition) is 0. The van der Waals surface area contributed by atoms with Crippen molar-refractivity contribution in [2.75, 3.05) is 13.7 Å². The molecule has 4 heteroatoms. The smallest absolute Gasteiger partial charge is 0.157 e. The molecule has 29 heavy (non-hydrogen) atoms. The topological polar surface area (TPSA) is 44.1 Å². The van der Waals surface area contributed by atoms with Crippen LogP contribution in [0.2, 0.25) is 0 Å². The monoisotopic (exact) mass is 398 g/mol. The van der Waals surface area contributed by atoms with Crippen LogP contribution in [0.5, 0.6) is 0 Å². The largest absolute Gasteiger partial charge is 0.384 e. The number of rotatable bonds is 5. The Balaban J connectivity index is 1.28. The van der Waals surface area contributed by atoms with E-state index in [1.165, 1.54) is 51.4 Å². The highest BCUT2D eigenvalue weighted by molar-refractivity contribution is 5.82. The van der Waals surface area contributed by atoms with Crippen LogP contribution in [0.1, 0.15) is 64.7 Å². The summed E-state index contributed by atoms with van der Waals surface area (Å²) < 4.78 is 7.28. The number of nitrogens with zero attached hydrogens (tertiary/aromatic N) is 2. The van der Waals surface area contributed by atoms with E-state index in [0.29, 0.717) is 12.3 Å². The van der Waals surface area contributed by atoms with Crippen LogP contribution >= 0.6 is 0 Å². The van der Waals surface area contributed by atoms with Crippen molar-refractivity contribution < 1.29 is 9.53 Å². The van der Waals surface area contributed by atoms with Crippen molar-refractivity contribution in [3.8, 4) is 0 Å². The first kappa shape index (κ1) is 19.8. The number of methoxy groups -OCH3 is 1. The fraction of sp³-hybridized carbons (Fsp3) is 0.840. The zero-order valence-corrected chi connectivity index (χ0v) is 18.3. The first-order valence-corrected chi connectivity index (χ1v) is 12.1. The molecule has 4 aliphatic carbocycles. The maximum Gasteiger partial charge on any atom is 0.157 e. The van der Waals surface area contributed by atoms with Gasteiger partial charge >= 0.3 is 0 Å². The summed E-state index contributed by atoms with van der Waals surface area (Å²) in [6.45, 7) is 3.88. The molecule has 8 atom stereocenters. The molecule has 4 fully saturated rings. The van der Waals surface area contributed by atoms with E-state index in [1.54, 1.807) is 6.20 Å². The third-order valence-corrected chi connectivity index (χ3v) is 9.73. The summed E-state index contributed by atoms with van der Waals surface area (Å²) in [5.74, 6) is 5.91. The van der Waals surface area contributed by atoms with E-state index in [4.69, 9.17) is 4.74 Å². The summed E-state index contributed by atoms with van der Waals surface area (Å²) >= 11 is 0. The summed E-state index contributed by atoms with van der Waals surface area (Å²) in [6, 6.07) is 1.91. The Labute approximate surface area is 175 Å². The first-order valence-electron chi connectivity index (χ1n) is 12.1. The number of aromatic nitrogens is 2. The quantitative estimate of drug-likeness (QED) is 0.702. The third kappa shape index (κ3) is 3.40. The van der Waals surface area contributed by atoms with Crippen LogP contribution in [0, 0.1) is 46.8 Å². The maximum atomic E-state index is 13.2. The average molecular weight is 399 g/mol. The van der Waals surface area contributed by atoms with Crippen molar-refractivity contribution in [1.29, 1.82) is 0 Å². The lowest BCUT2D eigenvalue weighted by Gasteiger charge is -2.56. The van der Waals surface area contributed by atoms with Crippen LogP contribution in [0.15, 0.2) is 18.5 Å². The molecule has 8 unspecified atom stereocenters. The van der Waals surface area contributed by atoms with Gasteiger partial charge in [0.2, 0.25) is 0 Å². The zero-order valence-electron chi connectivity index (χ0n) is 18.3. The molecule has 0 N–H and O–H groups in total. The fourth-order valence-corrected chi connectivity index (χ4v) is 8.53. The highest BCUT2D eigenvalue weighted by Gasteiger charge is 2.58. The van der Waals surface area contributed by atoms with Gasteiger partial charge in [-0.1, -0.05) is 6.92 Å². The van der Waals surface area contributed by atoms with E-state index < -0.39 is 0 Å². The van der Waals surface area contributed by atoms with Gasteiger partial charge < -0.3 is 4.74 Å². The number of carbonyl (C=O) groups excluding carboxylic acids is 1. The van der Waals surface area contributed by atoms with Crippen LogP contribution in [0.25, 0.3) is 0 Å². The summed E-state index contributed by atoms with van der Waals surface area (Å²) in [4.78, 5) is 13.2. The van der Waals surface area contributed by atoms with Gasteiger partial charge in [-0.25, -0.2) is 0 Å². The standard InChI is InChI=1S/C25H38N2O2/c1-25-11-10-20-19-6-4-17(16-29-2)14-18(19)5-7-21(20)22(25)8-9-23(25)24(28)15-27-13-3-12-26-27/h3,12-13,17-23H,4-11,14-16H2,1-2H3. The van der Waals surface area contributed by atoms with E-state index >= 15 is 0 Å². The van der Waals surface area contributed by atoms with Gasteiger partial charge in [0.1, 0.15) is 0 Å². The van der Waals surface area contributed by atoms with Gasteiger partial charge in [0.05, 0.1) is 6.54 Å². The van der Waals surface area contributed by atoms with Gasteiger partial charge in [0.15, 0.2) is 5.78 Å². The van der Waals surface area contributed by atoms with Crippen molar-refractivity contribution >= 4 is 5.78 Å². The number of ketones is 1.